The third-order valence-corrected chi connectivity index (χ3v) is 4.05. The van der Waals surface area contributed by atoms with Crippen molar-refractivity contribution in [3.63, 3.8) is 0 Å². The molecule has 2 heterocycles. The van der Waals surface area contributed by atoms with Gasteiger partial charge in [-0.2, -0.15) is 10.4 Å². The highest BCUT2D eigenvalue weighted by Crippen LogP contribution is 2.35. The average Bonchev–Trinajstić information content (AvgIpc) is 3.19. The summed E-state index contributed by atoms with van der Waals surface area (Å²) in [6, 6.07) is 12.0. The Morgan fingerprint density at radius 3 is 3.09 bits per heavy atom. The second kappa shape index (κ2) is 5.33. The predicted molar refractivity (Wildman–Crippen MR) is 86.6 cm³/mol. The van der Waals surface area contributed by atoms with Crippen molar-refractivity contribution in [1.82, 2.24) is 10.2 Å². The zero-order valence-corrected chi connectivity index (χ0v) is 12.7. The molecule has 114 valence electrons. The van der Waals surface area contributed by atoms with Crippen molar-refractivity contribution in [3.05, 3.63) is 41.5 Å². The lowest BCUT2D eigenvalue weighted by molar-refractivity contribution is 0.340. The summed E-state index contributed by atoms with van der Waals surface area (Å²) in [5, 5.41) is 17.7. The third kappa shape index (κ3) is 2.20. The number of nitrogens with zero attached hydrogens (tertiary/aromatic N) is 2. The first kappa shape index (κ1) is 13.6. The van der Waals surface area contributed by atoms with Crippen LogP contribution in [0.1, 0.15) is 18.1 Å². The Labute approximate surface area is 133 Å². The van der Waals surface area contributed by atoms with Crippen molar-refractivity contribution in [2.45, 2.75) is 13.3 Å². The van der Waals surface area contributed by atoms with Gasteiger partial charge in [0.2, 0.25) is 0 Å². The van der Waals surface area contributed by atoms with E-state index < -0.39 is 0 Å². The van der Waals surface area contributed by atoms with Gasteiger partial charge in [-0.3, -0.25) is 5.10 Å². The Morgan fingerprint density at radius 2 is 2.26 bits per heavy atom. The minimum atomic E-state index is 0.511. The van der Waals surface area contributed by atoms with Crippen molar-refractivity contribution < 1.29 is 9.47 Å². The molecule has 1 aliphatic rings. The van der Waals surface area contributed by atoms with Gasteiger partial charge in [0.05, 0.1) is 24.3 Å². The van der Waals surface area contributed by atoms with Crippen LogP contribution in [0.2, 0.25) is 0 Å². The first-order valence-corrected chi connectivity index (χ1v) is 7.61. The van der Waals surface area contributed by atoms with Crippen molar-refractivity contribution in [3.8, 4) is 28.8 Å². The Morgan fingerprint density at radius 1 is 1.35 bits per heavy atom. The first-order chi connectivity index (χ1) is 11.3. The molecule has 0 saturated carbocycles. The molecule has 0 fully saturated rings. The van der Waals surface area contributed by atoms with Crippen molar-refractivity contribution >= 4 is 10.9 Å². The van der Waals surface area contributed by atoms with Crippen LogP contribution in [0.5, 0.6) is 11.5 Å². The second-order valence-electron chi connectivity index (χ2n) is 5.43. The second-order valence-corrected chi connectivity index (χ2v) is 5.43. The average molecular weight is 305 g/mol. The maximum atomic E-state index is 9.26. The minimum absolute atomic E-state index is 0.511. The molecule has 23 heavy (non-hydrogen) atoms. The van der Waals surface area contributed by atoms with Crippen LogP contribution in [0.4, 0.5) is 0 Å². The molecular weight excluding hydrogens is 290 g/mol. The number of hydrogen-bond donors (Lipinski definition) is 1. The minimum Gasteiger partial charge on any atom is -0.493 e. The standard InChI is InChI=1S/C18H15N3O2/c1-2-22-17-9-14-15(8-13(17)10-19)20-21-18(14)12-3-4-16-11(7-12)5-6-23-16/h3-4,7-9H,2,5-6H2,1H3,(H,20,21). The summed E-state index contributed by atoms with van der Waals surface area (Å²) in [5.74, 6) is 1.55. The lowest BCUT2D eigenvalue weighted by atomic mass is 10.0. The highest BCUT2D eigenvalue weighted by Gasteiger charge is 2.17. The fourth-order valence-corrected chi connectivity index (χ4v) is 2.96. The van der Waals surface area contributed by atoms with Crippen LogP contribution in [0.25, 0.3) is 22.2 Å². The van der Waals surface area contributed by atoms with E-state index in [4.69, 9.17) is 9.47 Å². The van der Waals surface area contributed by atoms with Gasteiger partial charge in [0, 0.05) is 17.4 Å². The quantitative estimate of drug-likeness (QED) is 0.804. The van der Waals surface area contributed by atoms with Gasteiger partial charge in [-0.15, -0.1) is 0 Å². The molecule has 0 aliphatic carbocycles. The van der Waals surface area contributed by atoms with Crippen LogP contribution >= 0.6 is 0 Å². The van der Waals surface area contributed by atoms with Gasteiger partial charge in [-0.05, 0) is 42.8 Å². The summed E-state index contributed by atoms with van der Waals surface area (Å²) in [7, 11) is 0. The SMILES string of the molecule is CCOc1cc2c(-c3ccc4c(c3)CCO4)n[nH]c2cc1C#N. The van der Waals surface area contributed by atoms with Gasteiger partial charge in [-0.1, -0.05) is 0 Å². The highest BCUT2D eigenvalue weighted by molar-refractivity contribution is 5.95. The molecule has 0 amide bonds. The summed E-state index contributed by atoms with van der Waals surface area (Å²) in [4.78, 5) is 0. The molecule has 4 rings (SSSR count). The topological polar surface area (TPSA) is 70.9 Å². The Hall–Kier alpha value is -3.00. The molecule has 0 spiro atoms. The van der Waals surface area contributed by atoms with E-state index in [2.05, 4.69) is 22.3 Å². The highest BCUT2D eigenvalue weighted by atomic mass is 16.5. The van der Waals surface area contributed by atoms with Gasteiger partial charge in [-0.25, -0.2) is 0 Å². The number of hydrogen-bond acceptors (Lipinski definition) is 4. The largest absolute Gasteiger partial charge is 0.493 e. The molecule has 2 aromatic carbocycles. The van der Waals surface area contributed by atoms with Crippen molar-refractivity contribution in [2.75, 3.05) is 13.2 Å². The van der Waals surface area contributed by atoms with Crippen LogP contribution < -0.4 is 9.47 Å². The fraction of sp³-hybridized carbons (Fsp3) is 0.222. The number of benzene rings is 2. The summed E-state index contributed by atoms with van der Waals surface area (Å²) in [6.45, 7) is 3.16. The van der Waals surface area contributed by atoms with Gasteiger partial charge in [0.1, 0.15) is 23.3 Å². The summed E-state index contributed by atoms with van der Waals surface area (Å²) < 4.78 is 11.1. The maximum Gasteiger partial charge on any atom is 0.137 e. The van der Waals surface area contributed by atoms with Gasteiger partial charge in [0.15, 0.2) is 0 Å². The summed E-state index contributed by atoms with van der Waals surface area (Å²) in [5.41, 5.74) is 4.44. The normalized spacial score (nSPS) is 12.7. The first-order valence-electron chi connectivity index (χ1n) is 7.61. The molecule has 5 nitrogen and oxygen atoms in total. The van der Waals surface area contributed by atoms with E-state index in [1.54, 1.807) is 6.07 Å². The third-order valence-electron chi connectivity index (χ3n) is 4.05. The molecule has 5 heteroatoms. The van der Waals surface area contributed by atoms with E-state index in [1.807, 2.05) is 25.1 Å². The number of fused-ring (bicyclic) bond motifs is 2. The van der Waals surface area contributed by atoms with E-state index in [-0.39, 0.29) is 0 Å². The van der Waals surface area contributed by atoms with E-state index >= 15 is 0 Å². The number of nitriles is 1. The van der Waals surface area contributed by atoms with Gasteiger partial charge >= 0.3 is 0 Å². The van der Waals surface area contributed by atoms with Crippen LogP contribution in [0, 0.1) is 11.3 Å². The van der Waals surface area contributed by atoms with Crippen LogP contribution in [-0.2, 0) is 6.42 Å². The molecule has 3 aromatic rings. The Bertz CT molecular complexity index is 937. The molecular formula is C18H15N3O2. The van der Waals surface area contributed by atoms with Crippen LogP contribution in [0.3, 0.4) is 0 Å². The molecule has 1 aliphatic heterocycles. The molecule has 0 bridgehead atoms. The number of aromatic amines is 1. The zero-order valence-electron chi connectivity index (χ0n) is 12.7. The van der Waals surface area contributed by atoms with Crippen molar-refractivity contribution in [1.29, 1.82) is 5.26 Å². The number of ether oxygens (including phenoxy) is 2. The molecule has 1 aromatic heterocycles. The monoisotopic (exact) mass is 305 g/mol. The summed E-state index contributed by atoms with van der Waals surface area (Å²) in [6.07, 6.45) is 0.925. The molecule has 0 unspecified atom stereocenters. The van der Waals surface area contributed by atoms with Gasteiger partial charge < -0.3 is 9.47 Å². The maximum absolute atomic E-state index is 9.26. The lowest BCUT2D eigenvalue weighted by Gasteiger charge is -2.06. The fourth-order valence-electron chi connectivity index (χ4n) is 2.96. The van der Waals surface area contributed by atoms with Crippen LogP contribution in [0.15, 0.2) is 30.3 Å². The molecule has 0 radical (unpaired) electrons. The number of rotatable bonds is 3. The Balaban J connectivity index is 1.87. The predicted octanol–water partition coefficient (Wildman–Crippen LogP) is 3.44. The van der Waals surface area contributed by atoms with Gasteiger partial charge in [0.25, 0.3) is 0 Å². The van der Waals surface area contributed by atoms with E-state index in [0.717, 1.165) is 40.9 Å². The molecule has 0 atom stereocenters. The van der Waals surface area contributed by atoms with E-state index in [1.165, 1.54) is 5.56 Å². The Kier molecular flexibility index (Phi) is 3.16. The number of aromatic nitrogens is 2. The smallest absolute Gasteiger partial charge is 0.137 e. The lowest BCUT2D eigenvalue weighted by Crippen LogP contribution is -1.94. The van der Waals surface area contributed by atoms with E-state index in [9.17, 15) is 5.26 Å². The number of H-pyrrole nitrogens is 1. The molecule has 0 saturated heterocycles. The zero-order chi connectivity index (χ0) is 15.8. The van der Waals surface area contributed by atoms with E-state index in [0.29, 0.717) is 17.9 Å². The molecule has 1 N–H and O–H groups in total. The summed E-state index contributed by atoms with van der Waals surface area (Å²) >= 11 is 0. The number of nitrogens with one attached hydrogen (secondary N) is 1. The van der Waals surface area contributed by atoms with Crippen molar-refractivity contribution in [2.24, 2.45) is 0 Å². The van der Waals surface area contributed by atoms with Crippen LogP contribution in [-0.4, -0.2) is 23.4 Å².